The Morgan fingerprint density at radius 3 is 2.97 bits per heavy atom. The van der Waals surface area contributed by atoms with Gasteiger partial charge < -0.3 is 15.4 Å². The van der Waals surface area contributed by atoms with Crippen LogP contribution in [0.1, 0.15) is 53.4 Å². The Labute approximate surface area is 199 Å². The van der Waals surface area contributed by atoms with Crippen molar-refractivity contribution in [2.45, 2.75) is 48.7 Å². The molecule has 0 radical (unpaired) electrons. The number of hydrogen-bond donors (Lipinski definition) is 1. The van der Waals surface area contributed by atoms with E-state index in [4.69, 9.17) is 15.5 Å². The first-order valence-electron chi connectivity index (χ1n) is 12.0. The number of nitrogens with zero attached hydrogens (tertiary/aromatic N) is 3. The number of hydrogen-bond acceptors (Lipinski definition) is 5. The zero-order valence-electron chi connectivity index (χ0n) is 19.2. The number of ether oxygens (including phenoxy) is 1. The smallest absolute Gasteiger partial charge is 0.196 e. The number of rotatable bonds is 1. The molecule has 0 aromatic heterocycles. The van der Waals surface area contributed by atoms with E-state index < -0.39 is 11.1 Å². The number of aliphatic imine (C=N–C) groups is 1. The van der Waals surface area contributed by atoms with Gasteiger partial charge in [0.05, 0.1) is 11.8 Å². The molecule has 0 saturated carbocycles. The van der Waals surface area contributed by atoms with Crippen molar-refractivity contribution >= 4 is 5.96 Å². The van der Waals surface area contributed by atoms with E-state index >= 15 is 0 Å². The molecule has 5 heteroatoms. The first-order valence-corrected chi connectivity index (χ1v) is 12.0. The molecule has 0 amide bonds. The number of allylic oxidation sites excluding steroid dienone is 5. The van der Waals surface area contributed by atoms with Gasteiger partial charge in [0, 0.05) is 36.4 Å². The van der Waals surface area contributed by atoms with Crippen LogP contribution in [0.5, 0.6) is 5.75 Å². The first-order chi connectivity index (χ1) is 16.5. The standard InChI is InChI=1S/C29H26N4O/c1-33-26-15-22-16-28(12-11-19-6-2-3-8-23(19)22)29(26,32-27(33)31)24-14-21(9-10-25(24)34-28)20-7-4-5-18(13-20)17-30/h2-10,14-15,20,22H,11-13,16H2,1H3,(H2,31,32). The zero-order valence-corrected chi connectivity index (χ0v) is 19.2. The van der Waals surface area contributed by atoms with Gasteiger partial charge in [-0.05, 0) is 54.2 Å². The average molecular weight is 447 g/mol. The number of aryl methyl sites for hydroxylation is 1. The summed E-state index contributed by atoms with van der Waals surface area (Å²) < 4.78 is 6.95. The molecule has 2 aromatic rings. The molecular weight excluding hydrogens is 420 g/mol. The van der Waals surface area contributed by atoms with Gasteiger partial charge in [-0.15, -0.1) is 0 Å². The minimum Gasteiger partial charge on any atom is -0.483 e. The second kappa shape index (κ2) is 6.64. The summed E-state index contributed by atoms with van der Waals surface area (Å²) in [6, 6.07) is 17.6. The maximum atomic E-state index is 9.43. The molecule has 5 aliphatic rings. The lowest BCUT2D eigenvalue weighted by molar-refractivity contribution is 0.00854. The van der Waals surface area contributed by atoms with Gasteiger partial charge in [-0.2, -0.15) is 5.26 Å². The quantitative estimate of drug-likeness (QED) is 0.684. The molecule has 168 valence electrons. The minimum atomic E-state index is -0.637. The fraction of sp³-hybridized carbons (Fsp3) is 0.310. The van der Waals surface area contributed by atoms with Crippen molar-refractivity contribution in [2.75, 3.05) is 7.05 Å². The van der Waals surface area contributed by atoms with Crippen molar-refractivity contribution in [3.63, 3.8) is 0 Å². The molecule has 0 saturated heterocycles. The van der Waals surface area contributed by atoms with E-state index in [2.05, 4.69) is 65.6 Å². The molecule has 2 spiro atoms. The minimum absolute atomic E-state index is 0.167. The van der Waals surface area contributed by atoms with E-state index in [9.17, 15) is 5.26 Å². The summed E-state index contributed by atoms with van der Waals surface area (Å²) in [4.78, 5) is 7.26. The molecule has 5 nitrogen and oxygen atoms in total. The lowest BCUT2D eigenvalue weighted by atomic mass is 9.64. The van der Waals surface area contributed by atoms with E-state index in [1.807, 2.05) is 19.2 Å². The lowest BCUT2D eigenvalue weighted by Gasteiger charge is -2.45. The second-order valence-corrected chi connectivity index (χ2v) is 10.2. The van der Waals surface area contributed by atoms with E-state index in [1.54, 1.807) is 0 Å². The number of benzene rings is 2. The Morgan fingerprint density at radius 2 is 2.09 bits per heavy atom. The number of guanidine groups is 1. The first kappa shape index (κ1) is 19.7. The lowest BCUT2D eigenvalue weighted by Crippen LogP contribution is -2.54. The van der Waals surface area contributed by atoms with Crippen LogP contribution in [0.3, 0.4) is 0 Å². The monoisotopic (exact) mass is 446 g/mol. The molecule has 3 aliphatic carbocycles. The maximum absolute atomic E-state index is 9.43. The summed E-state index contributed by atoms with van der Waals surface area (Å²) in [5.41, 5.74) is 12.4. The fourth-order valence-corrected chi connectivity index (χ4v) is 6.89. The molecule has 0 fully saturated rings. The molecular formula is C29H26N4O. The van der Waals surface area contributed by atoms with E-state index in [0.717, 1.165) is 48.3 Å². The topological polar surface area (TPSA) is 74.6 Å². The third-order valence-corrected chi connectivity index (χ3v) is 8.53. The highest BCUT2D eigenvalue weighted by Gasteiger charge is 2.68. The van der Waals surface area contributed by atoms with Crippen LogP contribution in [0.2, 0.25) is 0 Å². The van der Waals surface area contributed by atoms with Crippen LogP contribution in [0.15, 0.2) is 83.0 Å². The molecule has 2 N–H and O–H groups in total. The highest BCUT2D eigenvalue weighted by atomic mass is 16.5. The van der Waals surface area contributed by atoms with Crippen LogP contribution in [0.25, 0.3) is 0 Å². The molecule has 2 bridgehead atoms. The van der Waals surface area contributed by atoms with Crippen LogP contribution < -0.4 is 10.5 Å². The van der Waals surface area contributed by atoms with Crippen LogP contribution in [0, 0.1) is 11.3 Å². The van der Waals surface area contributed by atoms with Gasteiger partial charge >= 0.3 is 0 Å². The Hall–Kier alpha value is -3.78. The summed E-state index contributed by atoms with van der Waals surface area (Å²) in [6.07, 6.45) is 11.9. The van der Waals surface area contributed by atoms with Gasteiger partial charge in [0.2, 0.25) is 0 Å². The van der Waals surface area contributed by atoms with Gasteiger partial charge in [-0.3, -0.25) is 0 Å². The van der Waals surface area contributed by atoms with Crippen molar-refractivity contribution in [3.8, 4) is 11.8 Å². The van der Waals surface area contributed by atoms with Crippen LogP contribution in [-0.2, 0) is 12.0 Å². The van der Waals surface area contributed by atoms with E-state index in [0.29, 0.717) is 5.96 Å². The molecule has 4 atom stereocenters. The Kier molecular flexibility index (Phi) is 3.84. The van der Waals surface area contributed by atoms with Gasteiger partial charge in [-0.25, -0.2) is 4.99 Å². The fourth-order valence-electron chi connectivity index (χ4n) is 6.89. The summed E-state index contributed by atoms with van der Waals surface area (Å²) in [5, 5.41) is 9.43. The molecule has 2 aliphatic heterocycles. The van der Waals surface area contributed by atoms with Gasteiger partial charge in [0.25, 0.3) is 0 Å². The van der Waals surface area contributed by atoms with Gasteiger partial charge in [0.1, 0.15) is 11.4 Å². The van der Waals surface area contributed by atoms with E-state index in [-0.39, 0.29) is 11.8 Å². The summed E-state index contributed by atoms with van der Waals surface area (Å²) in [5.74, 6) is 1.88. The molecule has 4 unspecified atom stereocenters. The number of nitrogens with two attached hydrogens (primary N) is 1. The largest absolute Gasteiger partial charge is 0.483 e. The Morgan fingerprint density at radius 1 is 1.21 bits per heavy atom. The predicted octanol–water partition coefficient (Wildman–Crippen LogP) is 4.78. The SMILES string of the molecule is CN1C2=CC3CC4(CCc5ccccc53)Oc3ccc(C5C=CC=C(C#N)C5)cc3C24N=C1N. The van der Waals surface area contributed by atoms with Crippen molar-refractivity contribution in [2.24, 2.45) is 10.7 Å². The van der Waals surface area contributed by atoms with Gasteiger partial charge in [-0.1, -0.05) is 48.6 Å². The molecule has 7 rings (SSSR count). The van der Waals surface area contributed by atoms with Crippen LogP contribution in [0.4, 0.5) is 0 Å². The average Bonchev–Trinajstić information content (AvgIpc) is 3.24. The third-order valence-electron chi connectivity index (χ3n) is 8.53. The number of nitriles is 1. The van der Waals surface area contributed by atoms with Crippen molar-refractivity contribution < 1.29 is 4.74 Å². The van der Waals surface area contributed by atoms with Crippen LogP contribution >= 0.6 is 0 Å². The highest BCUT2D eigenvalue weighted by Crippen LogP contribution is 2.65. The second-order valence-electron chi connectivity index (χ2n) is 10.2. The third kappa shape index (κ3) is 2.36. The summed E-state index contributed by atoms with van der Waals surface area (Å²) in [6.45, 7) is 0. The Balaban J connectivity index is 1.41. The number of likely N-dealkylation sites (N-methyl/N-ethyl adjacent to an activating group) is 1. The van der Waals surface area contributed by atoms with E-state index in [1.165, 1.54) is 16.7 Å². The maximum Gasteiger partial charge on any atom is 0.196 e. The van der Waals surface area contributed by atoms with Crippen molar-refractivity contribution in [1.29, 1.82) is 5.26 Å². The van der Waals surface area contributed by atoms with Gasteiger partial charge in [0.15, 0.2) is 11.5 Å². The van der Waals surface area contributed by atoms with Crippen molar-refractivity contribution in [3.05, 3.63) is 100 Å². The Bertz CT molecular complexity index is 1410. The summed E-state index contributed by atoms with van der Waals surface area (Å²) >= 11 is 0. The summed E-state index contributed by atoms with van der Waals surface area (Å²) in [7, 11) is 2.02. The van der Waals surface area contributed by atoms with Crippen LogP contribution in [-0.4, -0.2) is 23.5 Å². The number of fused-ring (bicyclic) bond motifs is 4. The predicted molar refractivity (Wildman–Crippen MR) is 131 cm³/mol. The molecule has 2 heterocycles. The molecule has 34 heavy (non-hydrogen) atoms. The zero-order chi connectivity index (χ0) is 23.1. The van der Waals surface area contributed by atoms with Crippen molar-refractivity contribution in [1.82, 2.24) is 4.90 Å². The highest BCUT2D eigenvalue weighted by molar-refractivity contribution is 5.86. The molecule has 2 aromatic carbocycles. The normalized spacial score (nSPS) is 32.1.